The van der Waals surface area contributed by atoms with Crippen molar-refractivity contribution < 1.29 is 9.66 Å². The molecule has 0 radical (unpaired) electrons. The molecule has 6 nitrogen and oxygen atoms in total. The summed E-state index contributed by atoms with van der Waals surface area (Å²) in [6.45, 7) is 0. The molecule has 0 atom stereocenters. The fourth-order valence-electron chi connectivity index (χ4n) is 1.59. The second-order valence-electron chi connectivity index (χ2n) is 3.95. The number of nitro groups is 1. The Morgan fingerprint density at radius 2 is 2.05 bits per heavy atom. The van der Waals surface area contributed by atoms with Gasteiger partial charge < -0.3 is 4.74 Å². The third-order valence-electron chi connectivity index (χ3n) is 2.56. The summed E-state index contributed by atoms with van der Waals surface area (Å²) < 4.78 is 5.10. The number of anilines is 1. The van der Waals surface area contributed by atoms with Crippen LogP contribution in [0.5, 0.6) is 5.75 Å². The fraction of sp³-hybridized carbons (Fsp3) is 0.0714. The molecule has 0 aliphatic rings. The molecule has 0 amide bonds. The smallest absolute Gasteiger partial charge is 0.271 e. The largest absolute Gasteiger partial charge is 0.497 e. The average Bonchev–Trinajstić information content (AvgIpc) is 2.48. The molecule has 102 valence electrons. The molecule has 0 aliphatic carbocycles. The summed E-state index contributed by atoms with van der Waals surface area (Å²) in [4.78, 5) is 10.2. The Bertz CT molecular complexity index is 641. The second kappa shape index (κ2) is 6.33. The number of hydrogen-bond acceptors (Lipinski definition) is 5. The number of hydrazone groups is 1. The summed E-state index contributed by atoms with van der Waals surface area (Å²) in [5.74, 6) is 0.740. The van der Waals surface area contributed by atoms with E-state index < -0.39 is 4.92 Å². The van der Waals surface area contributed by atoms with Crippen molar-refractivity contribution in [2.24, 2.45) is 5.10 Å². The highest BCUT2D eigenvalue weighted by Crippen LogP contribution is 2.17. The first-order chi connectivity index (χ1) is 9.69. The van der Waals surface area contributed by atoms with Crippen molar-refractivity contribution in [1.29, 1.82) is 0 Å². The quantitative estimate of drug-likeness (QED) is 0.515. The summed E-state index contributed by atoms with van der Waals surface area (Å²) >= 11 is 0. The molecule has 0 aliphatic heterocycles. The Morgan fingerprint density at radius 1 is 1.25 bits per heavy atom. The van der Waals surface area contributed by atoms with Crippen molar-refractivity contribution in [2.45, 2.75) is 0 Å². The monoisotopic (exact) mass is 271 g/mol. The predicted molar refractivity (Wildman–Crippen MR) is 77.3 cm³/mol. The molecular weight excluding hydrogens is 258 g/mol. The van der Waals surface area contributed by atoms with Crippen LogP contribution in [0.1, 0.15) is 5.56 Å². The first-order valence-corrected chi connectivity index (χ1v) is 5.86. The maximum atomic E-state index is 10.6. The topological polar surface area (TPSA) is 76.8 Å². The Labute approximate surface area is 115 Å². The number of methoxy groups -OCH3 is 1. The highest BCUT2D eigenvalue weighted by molar-refractivity contribution is 5.80. The van der Waals surface area contributed by atoms with Crippen molar-refractivity contribution in [3.63, 3.8) is 0 Å². The molecule has 20 heavy (non-hydrogen) atoms. The zero-order chi connectivity index (χ0) is 14.4. The van der Waals surface area contributed by atoms with Gasteiger partial charge in [0.05, 0.1) is 23.9 Å². The van der Waals surface area contributed by atoms with E-state index in [9.17, 15) is 10.1 Å². The number of ether oxygens (including phenoxy) is 1. The summed E-state index contributed by atoms with van der Waals surface area (Å²) in [6, 6.07) is 13.6. The van der Waals surface area contributed by atoms with Gasteiger partial charge >= 0.3 is 0 Å². The van der Waals surface area contributed by atoms with Gasteiger partial charge in [0, 0.05) is 12.1 Å². The molecule has 0 heterocycles. The van der Waals surface area contributed by atoms with Crippen molar-refractivity contribution in [3.05, 3.63) is 64.2 Å². The number of hydrogen-bond donors (Lipinski definition) is 1. The van der Waals surface area contributed by atoms with Gasteiger partial charge in [-0.25, -0.2) is 0 Å². The van der Waals surface area contributed by atoms with Gasteiger partial charge in [-0.1, -0.05) is 18.2 Å². The summed E-state index contributed by atoms with van der Waals surface area (Å²) in [5, 5.41) is 14.7. The van der Waals surface area contributed by atoms with E-state index in [1.165, 1.54) is 12.1 Å². The second-order valence-corrected chi connectivity index (χ2v) is 3.95. The van der Waals surface area contributed by atoms with Crippen LogP contribution in [0.4, 0.5) is 11.4 Å². The van der Waals surface area contributed by atoms with Crippen LogP contribution >= 0.6 is 0 Å². The minimum absolute atomic E-state index is 0.0200. The molecule has 0 fully saturated rings. The average molecular weight is 271 g/mol. The Morgan fingerprint density at radius 3 is 2.80 bits per heavy atom. The lowest BCUT2D eigenvalue weighted by atomic mass is 10.2. The number of nitrogens with one attached hydrogen (secondary N) is 1. The molecule has 0 bridgehead atoms. The standard InChI is InChI=1S/C14H13N3O3/c1-20-14-7-2-4-11(8-14)10-15-16-12-5-3-6-13(9-12)17(18)19/h2-10,16H,1H3. The number of non-ortho nitro benzene ring substituents is 1. The molecule has 0 aromatic heterocycles. The lowest BCUT2D eigenvalue weighted by molar-refractivity contribution is -0.384. The van der Waals surface area contributed by atoms with E-state index in [0.717, 1.165) is 11.3 Å². The fourth-order valence-corrected chi connectivity index (χ4v) is 1.59. The van der Waals surface area contributed by atoms with E-state index in [0.29, 0.717) is 5.69 Å². The predicted octanol–water partition coefficient (Wildman–Crippen LogP) is 3.05. The van der Waals surface area contributed by atoms with Gasteiger partial charge in [0.25, 0.3) is 5.69 Å². The molecule has 2 rings (SSSR count). The first kappa shape index (κ1) is 13.5. The SMILES string of the molecule is COc1cccc(C=NNc2cccc([N+](=O)[O-])c2)c1. The summed E-state index contributed by atoms with van der Waals surface area (Å²) in [6.07, 6.45) is 1.61. The molecule has 0 unspecified atom stereocenters. The van der Waals surface area contributed by atoms with Crippen LogP contribution < -0.4 is 10.2 Å². The number of rotatable bonds is 5. The van der Waals surface area contributed by atoms with Crippen LogP contribution in [0, 0.1) is 10.1 Å². The lowest BCUT2D eigenvalue weighted by Crippen LogP contribution is -1.93. The number of nitrogens with zero attached hydrogens (tertiary/aromatic N) is 2. The molecule has 2 aromatic carbocycles. The van der Waals surface area contributed by atoms with Crippen molar-refractivity contribution in [2.75, 3.05) is 12.5 Å². The van der Waals surface area contributed by atoms with Crippen molar-refractivity contribution in [3.8, 4) is 5.75 Å². The molecular formula is C14H13N3O3. The third-order valence-corrected chi connectivity index (χ3v) is 2.56. The van der Waals surface area contributed by atoms with E-state index in [1.54, 1.807) is 25.5 Å². The van der Waals surface area contributed by atoms with Gasteiger partial charge in [0.1, 0.15) is 5.75 Å². The van der Waals surface area contributed by atoms with Gasteiger partial charge in [-0.05, 0) is 23.8 Å². The first-order valence-electron chi connectivity index (χ1n) is 5.86. The number of benzene rings is 2. The summed E-state index contributed by atoms with van der Waals surface area (Å²) in [7, 11) is 1.59. The van der Waals surface area contributed by atoms with Crippen LogP contribution in [0.25, 0.3) is 0 Å². The molecule has 1 N–H and O–H groups in total. The van der Waals surface area contributed by atoms with Gasteiger partial charge in [0.2, 0.25) is 0 Å². The number of nitro benzene ring substituents is 1. The normalized spacial score (nSPS) is 10.4. The van der Waals surface area contributed by atoms with E-state index >= 15 is 0 Å². The molecule has 2 aromatic rings. The van der Waals surface area contributed by atoms with Crippen molar-refractivity contribution in [1.82, 2.24) is 0 Å². The van der Waals surface area contributed by atoms with Gasteiger partial charge in [-0.2, -0.15) is 5.10 Å². The van der Waals surface area contributed by atoms with E-state index in [-0.39, 0.29) is 5.69 Å². The Hall–Kier alpha value is -2.89. The maximum Gasteiger partial charge on any atom is 0.271 e. The molecule has 6 heteroatoms. The van der Waals surface area contributed by atoms with Crippen LogP contribution in [-0.2, 0) is 0 Å². The summed E-state index contributed by atoms with van der Waals surface area (Å²) in [5.41, 5.74) is 4.19. The minimum Gasteiger partial charge on any atom is -0.497 e. The van der Waals surface area contributed by atoms with Crippen LogP contribution in [0.3, 0.4) is 0 Å². The molecule has 0 spiro atoms. The zero-order valence-electron chi connectivity index (χ0n) is 10.8. The lowest BCUT2D eigenvalue weighted by Gasteiger charge is -2.01. The van der Waals surface area contributed by atoms with Crippen molar-refractivity contribution >= 4 is 17.6 Å². The van der Waals surface area contributed by atoms with Crippen LogP contribution in [0.15, 0.2) is 53.6 Å². The van der Waals surface area contributed by atoms with Crippen LogP contribution in [0.2, 0.25) is 0 Å². The van der Waals surface area contributed by atoms with E-state index in [4.69, 9.17) is 4.74 Å². The molecule has 0 saturated heterocycles. The zero-order valence-corrected chi connectivity index (χ0v) is 10.8. The van der Waals surface area contributed by atoms with E-state index in [1.807, 2.05) is 24.3 Å². The maximum absolute atomic E-state index is 10.6. The van der Waals surface area contributed by atoms with Gasteiger partial charge in [-0.3, -0.25) is 15.5 Å². The van der Waals surface area contributed by atoms with Gasteiger partial charge in [0.15, 0.2) is 0 Å². The highest BCUT2D eigenvalue weighted by Gasteiger charge is 2.04. The van der Waals surface area contributed by atoms with E-state index in [2.05, 4.69) is 10.5 Å². The third kappa shape index (κ3) is 3.55. The van der Waals surface area contributed by atoms with Gasteiger partial charge in [-0.15, -0.1) is 0 Å². The Balaban J connectivity index is 2.05. The van der Waals surface area contributed by atoms with Crippen LogP contribution in [-0.4, -0.2) is 18.2 Å². The molecule has 0 saturated carbocycles. The minimum atomic E-state index is -0.447. The Kier molecular flexibility index (Phi) is 4.28. The highest BCUT2D eigenvalue weighted by atomic mass is 16.6.